The predicted octanol–water partition coefficient (Wildman–Crippen LogP) is -1.59. The average molecular weight is 472 g/mol. The average Bonchev–Trinajstić information content (AvgIpc) is 3.01. The fraction of sp³-hybridized carbons (Fsp3) is 0.714. The number of unbranched alkanes of at least 4 members (excludes halogenated alkanes) is 2. The molecule has 2 heterocycles. The van der Waals surface area contributed by atoms with Crippen LogP contribution in [0.15, 0.2) is 11.1 Å². The van der Waals surface area contributed by atoms with E-state index in [-0.39, 0.29) is 36.5 Å². The number of hydrogen-bond donors (Lipinski definition) is 5. The van der Waals surface area contributed by atoms with Gasteiger partial charge in [0.15, 0.2) is 6.29 Å². The molecule has 33 heavy (non-hydrogen) atoms. The Hall–Kier alpha value is -2.38. The monoisotopic (exact) mass is 472 g/mol. The highest BCUT2D eigenvalue weighted by molar-refractivity contribution is 6.12. The third-order valence-corrected chi connectivity index (χ3v) is 5.47. The minimum Gasteiger partial charge on any atom is -0.394 e. The molecule has 1 saturated heterocycles. The lowest BCUT2D eigenvalue weighted by Gasteiger charge is -2.42. The molecule has 0 spiro atoms. The van der Waals surface area contributed by atoms with Gasteiger partial charge in [0, 0.05) is 37.6 Å². The zero-order valence-electron chi connectivity index (χ0n) is 18.7. The van der Waals surface area contributed by atoms with E-state index in [2.05, 4.69) is 15.4 Å². The zero-order chi connectivity index (χ0) is 24.5. The molecule has 0 aliphatic carbocycles. The van der Waals surface area contributed by atoms with Gasteiger partial charge in [-0.1, -0.05) is 0 Å². The number of ether oxygens (including phenoxy) is 3. The number of rotatable bonds is 12. The Bertz CT molecular complexity index is 768. The molecule has 0 radical (unpaired) electrons. The van der Waals surface area contributed by atoms with Crippen molar-refractivity contribution in [1.29, 1.82) is 0 Å². The van der Waals surface area contributed by atoms with Crippen LogP contribution in [0.2, 0.25) is 0 Å². The molecule has 5 atom stereocenters. The number of carbonyl (C=O) groups excluding carboxylic acids is 4. The summed E-state index contributed by atoms with van der Waals surface area (Å²) in [6, 6.07) is -0.981. The van der Waals surface area contributed by atoms with Crippen LogP contribution >= 0.6 is 0 Å². The molecule has 186 valence electrons. The first-order chi connectivity index (χ1) is 15.6. The van der Waals surface area contributed by atoms with E-state index in [0.717, 1.165) is 0 Å². The summed E-state index contributed by atoms with van der Waals surface area (Å²) in [6.07, 6.45) is -2.60. The summed E-state index contributed by atoms with van der Waals surface area (Å²) in [5, 5.41) is 34.7. The van der Waals surface area contributed by atoms with Crippen molar-refractivity contribution in [3.8, 4) is 0 Å². The quantitative estimate of drug-likeness (QED) is 0.126. The van der Waals surface area contributed by atoms with Gasteiger partial charge < -0.3 is 40.2 Å². The van der Waals surface area contributed by atoms with Crippen molar-refractivity contribution in [3.63, 3.8) is 0 Å². The summed E-state index contributed by atoms with van der Waals surface area (Å²) in [7, 11) is 0. The van der Waals surface area contributed by atoms with Crippen molar-refractivity contribution in [1.82, 2.24) is 10.6 Å². The predicted molar refractivity (Wildman–Crippen MR) is 111 cm³/mol. The van der Waals surface area contributed by atoms with E-state index in [4.69, 9.17) is 9.47 Å². The highest BCUT2D eigenvalue weighted by atomic mass is 16.7. The van der Waals surface area contributed by atoms with E-state index in [1.807, 2.05) is 0 Å². The highest BCUT2D eigenvalue weighted by Gasteiger charge is 2.45. The maximum Gasteiger partial charge on any atom is 0.342 e. The lowest BCUT2D eigenvalue weighted by atomic mass is 9.97. The molecule has 2 aliphatic heterocycles. The number of hydrogen-bond acceptors (Lipinski definition) is 10. The first-order valence-corrected chi connectivity index (χ1v) is 10.9. The van der Waals surface area contributed by atoms with Crippen LogP contribution in [0.25, 0.3) is 0 Å². The van der Waals surface area contributed by atoms with Gasteiger partial charge in [0.1, 0.15) is 24.4 Å². The molecular formula is C21H32N2O10. The van der Waals surface area contributed by atoms with Gasteiger partial charge in [-0.2, -0.15) is 0 Å². The molecule has 1 fully saturated rings. The van der Waals surface area contributed by atoms with E-state index in [1.165, 1.54) is 13.8 Å². The molecule has 0 aromatic heterocycles. The van der Waals surface area contributed by atoms with E-state index in [1.54, 1.807) is 0 Å². The summed E-state index contributed by atoms with van der Waals surface area (Å²) >= 11 is 0. The second kappa shape index (κ2) is 12.8. The van der Waals surface area contributed by atoms with Crippen LogP contribution in [0.5, 0.6) is 0 Å². The molecule has 12 heteroatoms. The van der Waals surface area contributed by atoms with Crippen molar-refractivity contribution in [2.45, 2.75) is 76.6 Å². The minimum atomic E-state index is -1.37. The van der Waals surface area contributed by atoms with Crippen LogP contribution in [0, 0.1) is 0 Å². The molecule has 0 aromatic carbocycles. The molecule has 1 unspecified atom stereocenters. The second-order valence-electron chi connectivity index (χ2n) is 7.99. The van der Waals surface area contributed by atoms with Crippen LogP contribution in [0.3, 0.4) is 0 Å². The minimum absolute atomic E-state index is 0.0714. The van der Waals surface area contributed by atoms with Gasteiger partial charge in [0.25, 0.3) is 0 Å². The first kappa shape index (κ1) is 26.9. The van der Waals surface area contributed by atoms with Crippen LogP contribution < -0.4 is 10.6 Å². The Morgan fingerprint density at radius 1 is 1.09 bits per heavy atom. The number of aliphatic hydroxyl groups is 3. The Kier molecular flexibility index (Phi) is 10.4. The maximum atomic E-state index is 11.9. The summed E-state index contributed by atoms with van der Waals surface area (Å²) < 4.78 is 15.6. The Labute approximate surface area is 191 Å². The number of aliphatic hydroxyl groups excluding tert-OH is 3. The summed E-state index contributed by atoms with van der Waals surface area (Å²) in [5.41, 5.74) is 0.471. The van der Waals surface area contributed by atoms with E-state index in [0.29, 0.717) is 25.8 Å². The maximum absolute atomic E-state index is 11.9. The fourth-order valence-corrected chi connectivity index (χ4v) is 3.56. The van der Waals surface area contributed by atoms with Crippen molar-refractivity contribution < 1.29 is 48.7 Å². The van der Waals surface area contributed by atoms with Crippen LogP contribution in [0.1, 0.15) is 46.0 Å². The SMILES string of the molecule is CC(=O)N[C@H]1C(OCCCCCNC(=O)CCC2=C(C)C(=O)OC2=O)O[C@H](CO)[C@H](O)[C@@H]1O. The van der Waals surface area contributed by atoms with Crippen molar-refractivity contribution >= 4 is 23.8 Å². The third-order valence-electron chi connectivity index (χ3n) is 5.47. The standard InChI is InChI=1S/C21H32N2O10/c1-11-13(20(30)33-19(11)29)6-7-15(26)22-8-4-3-5-9-31-21-16(23-12(2)25)18(28)17(27)14(10-24)32-21/h14,16-18,21,24,27-28H,3-10H2,1-2H3,(H,22,26)(H,23,25)/t14-,16-,17+,18-,21?/m1/s1. The van der Waals surface area contributed by atoms with E-state index >= 15 is 0 Å². The van der Waals surface area contributed by atoms with Gasteiger partial charge >= 0.3 is 11.9 Å². The Morgan fingerprint density at radius 3 is 2.42 bits per heavy atom. The molecule has 2 rings (SSSR count). The molecule has 2 amide bonds. The fourth-order valence-electron chi connectivity index (χ4n) is 3.56. The summed E-state index contributed by atoms with van der Waals surface area (Å²) in [6.45, 7) is 2.90. The Balaban J connectivity index is 1.64. The number of cyclic esters (lactones) is 2. The van der Waals surface area contributed by atoms with Crippen LogP contribution in [-0.2, 0) is 33.4 Å². The number of nitrogens with one attached hydrogen (secondary N) is 2. The van der Waals surface area contributed by atoms with Crippen molar-refractivity contribution in [3.05, 3.63) is 11.1 Å². The molecule has 0 aromatic rings. The van der Waals surface area contributed by atoms with E-state index < -0.39 is 55.1 Å². The smallest absolute Gasteiger partial charge is 0.342 e. The zero-order valence-corrected chi connectivity index (χ0v) is 18.7. The first-order valence-electron chi connectivity index (χ1n) is 10.9. The highest BCUT2D eigenvalue weighted by Crippen LogP contribution is 2.23. The third kappa shape index (κ3) is 7.57. The van der Waals surface area contributed by atoms with Crippen LogP contribution in [-0.4, -0.2) is 89.5 Å². The topological polar surface area (TPSA) is 181 Å². The molecule has 0 bridgehead atoms. The van der Waals surface area contributed by atoms with Crippen molar-refractivity contribution in [2.75, 3.05) is 19.8 Å². The molecule has 12 nitrogen and oxygen atoms in total. The van der Waals surface area contributed by atoms with Gasteiger partial charge in [-0.15, -0.1) is 0 Å². The number of carbonyl (C=O) groups is 4. The molecular weight excluding hydrogens is 440 g/mol. The molecule has 5 N–H and O–H groups in total. The normalized spacial score (nSPS) is 27.5. The Morgan fingerprint density at radius 2 is 1.82 bits per heavy atom. The van der Waals surface area contributed by atoms with Gasteiger partial charge in [-0.3, -0.25) is 9.59 Å². The summed E-state index contributed by atoms with van der Waals surface area (Å²) in [4.78, 5) is 46.1. The van der Waals surface area contributed by atoms with Crippen LogP contribution in [0.4, 0.5) is 0 Å². The lowest BCUT2D eigenvalue weighted by molar-refractivity contribution is -0.270. The van der Waals surface area contributed by atoms with Gasteiger partial charge in [0.2, 0.25) is 11.8 Å². The lowest BCUT2D eigenvalue weighted by Crippen LogP contribution is -2.64. The number of amides is 2. The van der Waals surface area contributed by atoms with Gasteiger partial charge in [-0.05, 0) is 32.6 Å². The molecule has 2 aliphatic rings. The van der Waals surface area contributed by atoms with Gasteiger partial charge in [0.05, 0.1) is 6.61 Å². The second-order valence-corrected chi connectivity index (χ2v) is 7.99. The number of esters is 2. The van der Waals surface area contributed by atoms with Crippen molar-refractivity contribution in [2.24, 2.45) is 0 Å². The molecule has 0 saturated carbocycles. The largest absolute Gasteiger partial charge is 0.394 e. The summed E-state index contributed by atoms with van der Waals surface area (Å²) in [5.74, 6) is -2.03. The van der Waals surface area contributed by atoms with E-state index in [9.17, 15) is 34.5 Å². The van der Waals surface area contributed by atoms with Gasteiger partial charge in [-0.25, -0.2) is 9.59 Å².